The van der Waals surface area contributed by atoms with Gasteiger partial charge >= 0.3 is 5.97 Å². The van der Waals surface area contributed by atoms with Crippen molar-refractivity contribution in [2.75, 3.05) is 19.7 Å². The van der Waals surface area contributed by atoms with Crippen molar-refractivity contribution in [1.29, 1.82) is 5.26 Å². The number of nitrogens with one attached hydrogen (secondary N) is 1. The molecule has 6 nitrogen and oxygen atoms in total. The minimum Gasteiger partial charge on any atom is -0.462 e. The SMILES string of the molecule is CCOC(=O)/C(C#N)=C1\NCCN1Cc1cccnc1. The molecule has 0 radical (unpaired) electrons. The van der Waals surface area contributed by atoms with Gasteiger partial charge in [-0.15, -0.1) is 0 Å². The second-order valence-corrected chi connectivity index (χ2v) is 4.27. The highest BCUT2D eigenvalue weighted by Crippen LogP contribution is 2.16. The average molecular weight is 272 g/mol. The molecular formula is C14H16N4O2. The summed E-state index contributed by atoms with van der Waals surface area (Å²) in [5, 5.41) is 12.3. The van der Waals surface area contributed by atoms with E-state index in [1.807, 2.05) is 23.1 Å². The van der Waals surface area contributed by atoms with Gasteiger partial charge in [0.15, 0.2) is 5.57 Å². The molecule has 0 amide bonds. The molecular weight excluding hydrogens is 256 g/mol. The molecule has 0 aromatic carbocycles. The quantitative estimate of drug-likeness (QED) is 0.496. The van der Waals surface area contributed by atoms with Crippen LogP contribution in [-0.2, 0) is 16.1 Å². The summed E-state index contributed by atoms with van der Waals surface area (Å²) in [7, 11) is 0. The van der Waals surface area contributed by atoms with Crippen molar-refractivity contribution in [3.05, 3.63) is 41.5 Å². The van der Waals surface area contributed by atoms with Gasteiger partial charge in [-0.3, -0.25) is 4.98 Å². The number of hydrogen-bond donors (Lipinski definition) is 1. The number of rotatable bonds is 4. The largest absolute Gasteiger partial charge is 0.462 e. The van der Waals surface area contributed by atoms with Crippen LogP contribution in [0.4, 0.5) is 0 Å². The molecule has 104 valence electrons. The Balaban J connectivity index is 2.21. The zero-order chi connectivity index (χ0) is 14.4. The van der Waals surface area contributed by atoms with E-state index in [-0.39, 0.29) is 12.2 Å². The van der Waals surface area contributed by atoms with Gasteiger partial charge in [-0.05, 0) is 18.6 Å². The molecule has 1 aromatic rings. The summed E-state index contributed by atoms with van der Waals surface area (Å²) in [6.45, 7) is 3.99. The van der Waals surface area contributed by atoms with Crippen LogP contribution < -0.4 is 5.32 Å². The van der Waals surface area contributed by atoms with E-state index in [1.165, 1.54) is 0 Å². The lowest BCUT2D eigenvalue weighted by atomic mass is 10.2. The molecule has 1 aromatic heterocycles. The van der Waals surface area contributed by atoms with Crippen molar-refractivity contribution in [3.63, 3.8) is 0 Å². The predicted octanol–water partition coefficient (Wildman–Crippen LogP) is 0.785. The van der Waals surface area contributed by atoms with Crippen molar-refractivity contribution < 1.29 is 9.53 Å². The van der Waals surface area contributed by atoms with Gasteiger partial charge < -0.3 is 15.0 Å². The molecule has 0 aliphatic carbocycles. The fourth-order valence-corrected chi connectivity index (χ4v) is 2.05. The third-order valence-corrected chi connectivity index (χ3v) is 2.91. The number of hydrogen-bond acceptors (Lipinski definition) is 6. The van der Waals surface area contributed by atoms with Gasteiger partial charge in [0, 0.05) is 32.0 Å². The van der Waals surface area contributed by atoms with Gasteiger partial charge in [-0.1, -0.05) is 6.07 Å². The number of esters is 1. The van der Waals surface area contributed by atoms with Gasteiger partial charge in [0.05, 0.1) is 6.61 Å². The van der Waals surface area contributed by atoms with Crippen LogP contribution in [0.3, 0.4) is 0 Å². The monoisotopic (exact) mass is 272 g/mol. The van der Waals surface area contributed by atoms with Crippen LogP contribution in [0.25, 0.3) is 0 Å². The fraction of sp³-hybridized carbons (Fsp3) is 0.357. The van der Waals surface area contributed by atoms with Crippen LogP contribution in [0.5, 0.6) is 0 Å². The summed E-state index contributed by atoms with van der Waals surface area (Å²) in [6.07, 6.45) is 3.48. The molecule has 1 fully saturated rings. The van der Waals surface area contributed by atoms with Crippen molar-refractivity contribution in [2.45, 2.75) is 13.5 Å². The van der Waals surface area contributed by atoms with Crippen LogP contribution in [-0.4, -0.2) is 35.5 Å². The van der Waals surface area contributed by atoms with Crippen molar-refractivity contribution in [2.24, 2.45) is 0 Å². The lowest BCUT2D eigenvalue weighted by molar-refractivity contribution is -0.138. The molecule has 0 unspecified atom stereocenters. The van der Waals surface area contributed by atoms with E-state index < -0.39 is 5.97 Å². The average Bonchev–Trinajstić information content (AvgIpc) is 2.89. The minimum atomic E-state index is -0.587. The summed E-state index contributed by atoms with van der Waals surface area (Å²) < 4.78 is 4.91. The maximum atomic E-state index is 11.8. The van der Waals surface area contributed by atoms with E-state index in [0.717, 1.165) is 12.1 Å². The summed E-state index contributed by atoms with van der Waals surface area (Å²) in [5.41, 5.74) is 1.04. The summed E-state index contributed by atoms with van der Waals surface area (Å²) in [5.74, 6) is -0.0506. The molecule has 2 rings (SSSR count). The Morgan fingerprint density at radius 2 is 2.50 bits per heavy atom. The Morgan fingerprint density at radius 1 is 1.65 bits per heavy atom. The molecule has 1 aliphatic rings. The first-order valence-corrected chi connectivity index (χ1v) is 6.45. The third kappa shape index (κ3) is 3.06. The van der Waals surface area contributed by atoms with E-state index in [4.69, 9.17) is 4.74 Å². The zero-order valence-electron chi connectivity index (χ0n) is 11.3. The Morgan fingerprint density at radius 3 is 3.15 bits per heavy atom. The van der Waals surface area contributed by atoms with Crippen LogP contribution in [0.15, 0.2) is 35.9 Å². The molecule has 0 spiro atoms. The van der Waals surface area contributed by atoms with Crippen LogP contribution >= 0.6 is 0 Å². The Bertz CT molecular complexity index is 548. The summed E-state index contributed by atoms with van der Waals surface area (Å²) in [4.78, 5) is 17.8. The second kappa shape index (κ2) is 6.57. The molecule has 0 bridgehead atoms. The van der Waals surface area contributed by atoms with Crippen LogP contribution in [0.1, 0.15) is 12.5 Å². The first kappa shape index (κ1) is 13.9. The van der Waals surface area contributed by atoms with E-state index in [0.29, 0.717) is 18.9 Å². The van der Waals surface area contributed by atoms with Gasteiger partial charge in [-0.25, -0.2) is 4.79 Å². The summed E-state index contributed by atoms with van der Waals surface area (Å²) in [6, 6.07) is 5.75. The van der Waals surface area contributed by atoms with Crippen molar-refractivity contribution in [3.8, 4) is 6.07 Å². The van der Waals surface area contributed by atoms with Gasteiger partial charge in [-0.2, -0.15) is 5.26 Å². The third-order valence-electron chi connectivity index (χ3n) is 2.91. The van der Waals surface area contributed by atoms with Gasteiger partial charge in [0.1, 0.15) is 11.9 Å². The van der Waals surface area contributed by atoms with Crippen LogP contribution in [0, 0.1) is 11.3 Å². The van der Waals surface area contributed by atoms with E-state index in [1.54, 1.807) is 19.3 Å². The Labute approximate surface area is 117 Å². The Kier molecular flexibility index (Phi) is 4.56. The number of aromatic nitrogens is 1. The molecule has 1 aliphatic heterocycles. The molecule has 0 atom stereocenters. The maximum Gasteiger partial charge on any atom is 0.352 e. The number of carbonyl (C=O) groups excluding carboxylic acids is 1. The number of nitrogens with zero attached hydrogens (tertiary/aromatic N) is 3. The molecule has 0 saturated carbocycles. The molecule has 1 N–H and O–H groups in total. The van der Waals surface area contributed by atoms with Crippen molar-refractivity contribution in [1.82, 2.24) is 15.2 Å². The smallest absolute Gasteiger partial charge is 0.352 e. The molecule has 1 saturated heterocycles. The fourth-order valence-electron chi connectivity index (χ4n) is 2.05. The Hall–Kier alpha value is -2.55. The van der Waals surface area contributed by atoms with Crippen LogP contribution in [0.2, 0.25) is 0 Å². The van der Waals surface area contributed by atoms with E-state index in [9.17, 15) is 10.1 Å². The summed E-state index contributed by atoms with van der Waals surface area (Å²) >= 11 is 0. The topological polar surface area (TPSA) is 78.2 Å². The number of ether oxygens (including phenoxy) is 1. The maximum absolute atomic E-state index is 11.8. The highest BCUT2D eigenvalue weighted by Gasteiger charge is 2.25. The van der Waals surface area contributed by atoms with E-state index >= 15 is 0 Å². The lowest BCUT2D eigenvalue weighted by Crippen LogP contribution is -2.24. The van der Waals surface area contributed by atoms with Gasteiger partial charge in [0.25, 0.3) is 0 Å². The molecule has 20 heavy (non-hydrogen) atoms. The first-order chi connectivity index (χ1) is 9.76. The second-order valence-electron chi connectivity index (χ2n) is 4.27. The lowest BCUT2D eigenvalue weighted by Gasteiger charge is -2.19. The molecule has 2 heterocycles. The molecule has 6 heteroatoms. The number of nitriles is 1. The number of pyridine rings is 1. The highest BCUT2D eigenvalue weighted by atomic mass is 16.5. The minimum absolute atomic E-state index is 0.0215. The zero-order valence-corrected chi connectivity index (χ0v) is 11.3. The normalized spacial score (nSPS) is 16.3. The first-order valence-electron chi connectivity index (χ1n) is 6.45. The standard InChI is InChI=1S/C14H16N4O2/c1-2-20-14(19)12(8-15)13-17-6-7-18(13)10-11-4-3-5-16-9-11/h3-5,9,17H,2,6-7,10H2,1H3/b13-12+. The van der Waals surface area contributed by atoms with Gasteiger partial charge in [0.2, 0.25) is 0 Å². The predicted molar refractivity (Wildman–Crippen MR) is 71.9 cm³/mol. The van der Waals surface area contributed by atoms with Crippen molar-refractivity contribution >= 4 is 5.97 Å². The number of carbonyl (C=O) groups is 1. The highest BCUT2D eigenvalue weighted by molar-refractivity contribution is 5.93. The van der Waals surface area contributed by atoms with E-state index in [2.05, 4.69) is 10.3 Å².